The summed E-state index contributed by atoms with van der Waals surface area (Å²) in [6.07, 6.45) is 9.32. The van der Waals surface area contributed by atoms with Gasteiger partial charge in [0.05, 0.1) is 11.9 Å². The standard InChI is InChI=1S/C28H36N2O4S/c1-4-26(34-25-11-9-24(10-12-25)30(2)35(3,32)33)27(31)29-23-7-5-22(6-8-23)28-16-19-13-20(17-28)15-21(14-19)18-28/h5-12,19-21,26H,4,13-18H2,1-3H3,(H,29,31)/t19?,20?,21?,26-,28?/m0/s1. The molecule has 0 spiro atoms. The molecule has 35 heavy (non-hydrogen) atoms. The summed E-state index contributed by atoms with van der Waals surface area (Å²) in [5.74, 6) is 3.05. The molecular weight excluding hydrogens is 460 g/mol. The number of rotatable bonds is 8. The lowest BCUT2D eigenvalue weighted by molar-refractivity contribution is -0.122. The molecule has 0 radical (unpaired) electrons. The molecule has 188 valence electrons. The Kier molecular flexibility index (Phi) is 6.32. The molecule has 2 aromatic rings. The number of nitrogens with one attached hydrogen (secondary N) is 1. The van der Waals surface area contributed by atoms with Crippen LogP contribution in [0.1, 0.15) is 57.4 Å². The maximum Gasteiger partial charge on any atom is 0.265 e. The Bertz CT molecular complexity index is 1140. The van der Waals surface area contributed by atoms with Crippen LogP contribution in [-0.2, 0) is 20.2 Å². The molecule has 4 aliphatic carbocycles. The first-order valence-corrected chi connectivity index (χ1v) is 14.6. The minimum atomic E-state index is -3.33. The van der Waals surface area contributed by atoms with Crippen molar-refractivity contribution in [2.45, 2.75) is 63.4 Å². The van der Waals surface area contributed by atoms with Crippen LogP contribution >= 0.6 is 0 Å². The summed E-state index contributed by atoms with van der Waals surface area (Å²) in [6, 6.07) is 15.2. The largest absolute Gasteiger partial charge is 0.481 e. The van der Waals surface area contributed by atoms with E-state index in [0.29, 0.717) is 23.3 Å². The highest BCUT2D eigenvalue weighted by Gasteiger charge is 2.51. The zero-order chi connectivity index (χ0) is 24.8. The third-order valence-electron chi connectivity index (χ3n) is 8.44. The number of amides is 1. The number of anilines is 2. The molecule has 1 amide bonds. The second-order valence-corrected chi connectivity index (χ2v) is 13.0. The maximum atomic E-state index is 12.9. The zero-order valence-electron chi connectivity index (χ0n) is 20.9. The second-order valence-electron chi connectivity index (χ2n) is 11.0. The number of carbonyl (C=O) groups excluding carboxylic acids is 1. The van der Waals surface area contributed by atoms with E-state index in [-0.39, 0.29) is 5.91 Å². The average Bonchev–Trinajstić information content (AvgIpc) is 2.81. The molecule has 4 saturated carbocycles. The molecule has 6 nitrogen and oxygen atoms in total. The Morgan fingerprint density at radius 2 is 1.54 bits per heavy atom. The van der Waals surface area contributed by atoms with Crippen molar-refractivity contribution in [3.8, 4) is 5.75 Å². The van der Waals surface area contributed by atoms with Crippen molar-refractivity contribution in [3.63, 3.8) is 0 Å². The molecule has 6 rings (SSSR count). The molecule has 0 saturated heterocycles. The lowest BCUT2D eigenvalue weighted by Gasteiger charge is -2.57. The smallest absolute Gasteiger partial charge is 0.265 e. The zero-order valence-corrected chi connectivity index (χ0v) is 21.7. The highest BCUT2D eigenvalue weighted by atomic mass is 32.2. The fourth-order valence-electron chi connectivity index (χ4n) is 7.01. The van der Waals surface area contributed by atoms with Crippen LogP contribution in [0.2, 0.25) is 0 Å². The topological polar surface area (TPSA) is 75.7 Å². The van der Waals surface area contributed by atoms with Gasteiger partial charge in [-0.3, -0.25) is 9.10 Å². The number of nitrogens with zero attached hydrogens (tertiary/aromatic N) is 1. The fourth-order valence-corrected chi connectivity index (χ4v) is 7.51. The Morgan fingerprint density at radius 1 is 1.00 bits per heavy atom. The molecule has 0 aliphatic heterocycles. The van der Waals surface area contributed by atoms with Crippen molar-refractivity contribution in [2.75, 3.05) is 22.9 Å². The van der Waals surface area contributed by atoms with Gasteiger partial charge in [-0.15, -0.1) is 0 Å². The Morgan fingerprint density at radius 3 is 2.03 bits per heavy atom. The quantitative estimate of drug-likeness (QED) is 0.535. The van der Waals surface area contributed by atoms with Gasteiger partial charge in [-0.05, 0) is 110 Å². The monoisotopic (exact) mass is 496 g/mol. The lowest BCUT2D eigenvalue weighted by atomic mass is 9.48. The van der Waals surface area contributed by atoms with E-state index in [9.17, 15) is 13.2 Å². The van der Waals surface area contributed by atoms with Gasteiger partial charge in [-0.2, -0.15) is 0 Å². The SMILES string of the molecule is CC[C@H](Oc1ccc(N(C)S(C)(=O)=O)cc1)C(=O)Nc1ccc(C23CC4CC(CC(C4)C2)C3)cc1. The van der Waals surface area contributed by atoms with Crippen molar-refractivity contribution in [2.24, 2.45) is 17.8 Å². The Hall–Kier alpha value is -2.54. The second kappa shape index (κ2) is 9.16. The normalized spacial score (nSPS) is 27.9. The highest BCUT2D eigenvalue weighted by Crippen LogP contribution is 2.60. The van der Waals surface area contributed by atoms with Gasteiger partial charge in [0.2, 0.25) is 10.0 Å². The predicted molar refractivity (Wildman–Crippen MR) is 139 cm³/mol. The van der Waals surface area contributed by atoms with Crippen molar-refractivity contribution in [1.82, 2.24) is 0 Å². The van der Waals surface area contributed by atoms with Crippen molar-refractivity contribution < 1.29 is 17.9 Å². The molecule has 4 aliphatic rings. The summed E-state index contributed by atoms with van der Waals surface area (Å²) in [7, 11) is -1.83. The van der Waals surface area contributed by atoms with Gasteiger partial charge in [0.15, 0.2) is 6.10 Å². The van der Waals surface area contributed by atoms with Crippen LogP contribution in [0, 0.1) is 17.8 Å². The van der Waals surface area contributed by atoms with E-state index in [1.54, 1.807) is 24.3 Å². The van der Waals surface area contributed by atoms with Crippen LogP contribution in [0.4, 0.5) is 11.4 Å². The lowest BCUT2D eigenvalue weighted by Crippen LogP contribution is -2.48. The van der Waals surface area contributed by atoms with E-state index >= 15 is 0 Å². The van der Waals surface area contributed by atoms with E-state index in [4.69, 9.17) is 4.74 Å². The van der Waals surface area contributed by atoms with Gasteiger partial charge in [-0.25, -0.2) is 8.42 Å². The van der Waals surface area contributed by atoms with Gasteiger partial charge in [0.25, 0.3) is 5.91 Å². The van der Waals surface area contributed by atoms with Crippen LogP contribution in [0.5, 0.6) is 5.75 Å². The molecule has 1 N–H and O–H groups in total. The van der Waals surface area contributed by atoms with Gasteiger partial charge >= 0.3 is 0 Å². The third-order valence-corrected chi connectivity index (χ3v) is 9.65. The van der Waals surface area contributed by atoms with E-state index in [0.717, 1.165) is 29.7 Å². The molecule has 0 unspecified atom stereocenters. The number of hydrogen-bond acceptors (Lipinski definition) is 4. The number of hydrogen-bond donors (Lipinski definition) is 1. The van der Waals surface area contributed by atoms with Crippen LogP contribution in [0.25, 0.3) is 0 Å². The summed E-state index contributed by atoms with van der Waals surface area (Å²) in [5, 5.41) is 3.01. The molecular formula is C28H36N2O4S. The van der Waals surface area contributed by atoms with E-state index in [1.165, 1.54) is 55.4 Å². The number of sulfonamides is 1. The van der Waals surface area contributed by atoms with E-state index < -0.39 is 16.1 Å². The van der Waals surface area contributed by atoms with E-state index in [2.05, 4.69) is 17.4 Å². The minimum Gasteiger partial charge on any atom is -0.481 e. The molecule has 4 bridgehead atoms. The summed E-state index contributed by atoms with van der Waals surface area (Å²) in [5.41, 5.74) is 3.12. The molecule has 4 fully saturated rings. The summed E-state index contributed by atoms with van der Waals surface area (Å²) in [6.45, 7) is 1.91. The van der Waals surface area contributed by atoms with Crippen molar-refractivity contribution in [3.05, 3.63) is 54.1 Å². The first kappa shape index (κ1) is 24.2. The fraction of sp³-hybridized carbons (Fsp3) is 0.536. The van der Waals surface area contributed by atoms with Gasteiger partial charge in [0.1, 0.15) is 5.75 Å². The van der Waals surface area contributed by atoms with Crippen LogP contribution < -0.4 is 14.4 Å². The molecule has 7 heteroatoms. The van der Waals surface area contributed by atoms with Crippen LogP contribution in [0.15, 0.2) is 48.5 Å². The summed E-state index contributed by atoms with van der Waals surface area (Å²) in [4.78, 5) is 12.9. The number of ether oxygens (including phenoxy) is 1. The third kappa shape index (κ3) is 4.92. The molecule has 2 aromatic carbocycles. The highest BCUT2D eigenvalue weighted by molar-refractivity contribution is 7.92. The first-order chi connectivity index (χ1) is 16.6. The maximum absolute atomic E-state index is 12.9. The average molecular weight is 497 g/mol. The predicted octanol–water partition coefficient (Wildman–Crippen LogP) is 5.35. The minimum absolute atomic E-state index is 0.188. The van der Waals surface area contributed by atoms with Crippen LogP contribution in [-0.4, -0.2) is 33.7 Å². The van der Waals surface area contributed by atoms with E-state index in [1.807, 2.05) is 19.1 Å². The molecule has 0 heterocycles. The van der Waals surface area contributed by atoms with Gasteiger partial charge in [0, 0.05) is 12.7 Å². The van der Waals surface area contributed by atoms with Crippen molar-refractivity contribution >= 4 is 27.3 Å². The Labute approximate surface area is 209 Å². The van der Waals surface area contributed by atoms with Gasteiger partial charge < -0.3 is 10.1 Å². The summed E-state index contributed by atoms with van der Waals surface area (Å²) < 4.78 is 30.6. The van der Waals surface area contributed by atoms with Gasteiger partial charge in [-0.1, -0.05) is 19.1 Å². The van der Waals surface area contributed by atoms with Crippen molar-refractivity contribution in [1.29, 1.82) is 0 Å². The number of carbonyl (C=O) groups is 1. The molecule has 0 aromatic heterocycles. The first-order valence-electron chi connectivity index (χ1n) is 12.8. The summed E-state index contributed by atoms with van der Waals surface area (Å²) >= 11 is 0. The molecule has 1 atom stereocenters. The number of benzene rings is 2. The Balaban J connectivity index is 1.22. The van der Waals surface area contributed by atoms with Crippen LogP contribution in [0.3, 0.4) is 0 Å².